The first-order chi connectivity index (χ1) is 9.04. The van der Waals surface area contributed by atoms with Crippen LogP contribution in [0.4, 0.5) is 5.69 Å². The van der Waals surface area contributed by atoms with Gasteiger partial charge in [0.05, 0.1) is 28.0 Å². The van der Waals surface area contributed by atoms with Gasteiger partial charge in [0.1, 0.15) is 5.69 Å². The van der Waals surface area contributed by atoms with Gasteiger partial charge in [0.25, 0.3) is 0 Å². The van der Waals surface area contributed by atoms with Gasteiger partial charge in [-0.1, -0.05) is 0 Å². The smallest absolute Gasteiger partial charge is 0.189 e. The van der Waals surface area contributed by atoms with Gasteiger partial charge in [0.15, 0.2) is 5.78 Å². The highest BCUT2D eigenvalue weighted by Crippen LogP contribution is 2.23. The molecule has 0 aromatic carbocycles. The molecule has 0 radical (unpaired) electrons. The number of aryl methyl sites for hydroxylation is 2. The third kappa shape index (κ3) is 2.68. The summed E-state index contributed by atoms with van der Waals surface area (Å²) >= 11 is 3.47. The second-order valence-corrected chi connectivity index (χ2v) is 5.00. The number of nitrogens with two attached hydrogens (primary N) is 1. The Bertz CT molecular complexity index is 621. The van der Waals surface area contributed by atoms with E-state index >= 15 is 0 Å². The van der Waals surface area contributed by atoms with Crippen molar-refractivity contribution < 1.29 is 4.79 Å². The van der Waals surface area contributed by atoms with Gasteiger partial charge in [-0.15, -0.1) is 0 Å². The van der Waals surface area contributed by atoms with Crippen LogP contribution >= 0.6 is 15.9 Å². The largest absolute Gasteiger partial charge is 0.397 e. The Morgan fingerprint density at radius 1 is 1.53 bits per heavy atom. The number of carbonyl (C=O) groups excluding carboxylic acids is 1. The Kier molecular flexibility index (Phi) is 3.99. The van der Waals surface area contributed by atoms with E-state index in [0.29, 0.717) is 17.9 Å². The van der Waals surface area contributed by atoms with Crippen molar-refractivity contribution in [3.05, 3.63) is 39.9 Å². The van der Waals surface area contributed by atoms with E-state index in [4.69, 9.17) is 5.73 Å². The van der Waals surface area contributed by atoms with E-state index in [2.05, 4.69) is 26.0 Å². The predicted octanol–water partition coefficient (Wildman–Crippen LogP) is 2.38. The Hall–Kier alpha value is -1.69. The maximum Gasteiger partial charge on any atom is 0.189 e. The summed E-state index contributed by atoms with van der Waals surface area (Å²) in [4.78, 5) is 16.3. The summed E-state index contributed by atoms with van der Waals surface area (Å²) in [5.41, 5.74) is 8.22. The molecule has 0 saturated heterocycles. The third-order valence-electron chi connectivity index (χ3n) is 2.88. The number of hydrogen-bond donors (Lipinski definition) is 1. The van der Waals surface area contributed by atoms with Crippen LogP contribution in [0.25, 0.3) is 0 Å². The standard InChI is InChI=1S/C13H15BrN4O/c1-3-18-10(12(14)8(2)17-18)7-11(19)13-9(15)5-4-6-16-13/h4-6H,3,7,15H2,1-2H3. The van der Waals surface area contributed by atoms with Crippen LogP contribution in [0.1, 0.15) is 28.8 Å². The second kappa shape index (κ2) is 5.52. The van der Waals surface area contributed by atoms with Crippen LogP contribution in [0.5, 0.6) is 0 Å². The van der Waals surface area contributed by atoms with Crippen molar-refractivity contribution in [2.24, 2.45) is 0 Å². The van der Waals surface area contributed by atoms with Gasteiger partial charge in [-0.25, -0.2) is 0 Å². The van der Waals surface area contributed by atoms with Crippen molar-refractivity contribution in [2.45, 2.75) is 26.8 Å². The molecule has 0 unspecified atom stereocenters. The molecule has 0 bridgehead atoms. The van der Waals surface area contributed by atoms with Gasteiger partial charge in [-0.2, -0.15) is 5.10 Å². The van der Waals surface area contributed by atoms with Gasteiger partial charge < -0.3 is 5.73 Å². The average molecular weight is 323 g/mol. The summed E-state index contributed by atoms with van der Waals surface area (Å²) in [5.74, 6) is -0.103. The molecule has 2 rings (SSSR count). The summed E-state index contributed by atoms with van der Waals surface area (Å²) < 4.78 is 2.69. The van der Waals surface area contributed by atoms with Gasteiger partial charge >= 0.3 is 0 Å². The third-order valence-corrected chi connectivity index (χ3v) is 3.92. The molecule has 0 aliphatic carbocycles. The molecule has 0 saturated carbocycles. The van der Waals surface area contributed by atoms with E-state index in [1.54, 1.807) is 18.3 Å². The number of anilines is 1. The molecule has 2 N–H and O–H groups in total. The minimum absolute atomic E-state index is 0.103. The van der Waals surface area contributed by atoms with Gasteiger partial charge in [-0.3, -0.25) is 14.5 Å². The topological polar surface area (TPSA) is 73.8 Å². The number of aromatic nitrogens is 3. The molecule has 0 amide bonds. The number of nitrogen functional groups attached to an aromatic ring is 1. The number of pyridine rings is 1. The Morgan fingerprint density at radius 2 is 2.26 bits per heavy atom. The SMILES string of the molecule is CCn1nc(C)c(Br)c1CC(=O)c1ncccc1N. The maximum absolute atomic E-state index is 12.3. The molecular formula is C13H15BrN4O. The highest BCUT2D eigenvalue weighted by atomic mass is 79.9. The first kappa shape index (κ1) is 13.7. The zero-order chi connectivity index (χ0) is 14.0. The minimum atomic E-state index is -0.103. The van der Waals surface area contributed by atoms with E-state index in [1.165, 1.54) is 0 Å². The zero-order valence-corrected chi connectivity index (χ0v) is 12.4. The number of rotatable bonds is 4. The first-order valence-corrected chi connectivity index (χ1v) is 6.79. The molecule has 0 fully saturated rings. The lowest BCUT2D eigenvalue weighted by atomic mass is 10.1. The van der Waals surface area contributed by atoms with Crippen molar-refractivity contribution in [2.75, 3.05) is 5.73 Å². The molecule has 6 heteroatoms. The van der Waals surface area contributed by atoms with Crippen molar-refractivity contribution in [1.29, 1.82) is 0 Å². The number of ketones is 1. The van der Waals surface area contributed by atoms with Crippen LogP contribution in [-0.2, 0) is 13.0 Å². The molecule has 0 aliphatic rings. The molecule has 2 aromatic rings. The van der Waals surface area contributed by atoms with E-state index < -0.39 is 0 Å². The number of hydrogen-bond acceptors (Lipinski definition) is 4. The van der Waals surface area contributed by atoms with Crippen LogP contribution in [0.2, 0.25) is 0 Å². The zero-order valence-electron chi connectivity index (χ0n) is 10.9. The maximum atomic E-state index is 12.3. The number of Topliss-reactive ketones (excluding diaryl/α,β-unsaturated/α-hetero) is 1. The number of halogens is 1. The second-order valence-electron chi connectivity index (χ2n) is 4.20. The summed E-state index contributed by atoms with van der Waals surface area (Å²) in [6.07, 6.45) is 1.80. The molecule has 0 aliphatic heterocycles. The number of nitrogens with zero attached hydrogens (tertiary/aromatic N) is 3. The van der Waals surface area contributed by atoms with Crippen LogP contribution < -0.4 is 5.73 Å². The van der Waals surface area contributed by atoms with Crippen molar-refractivity contribution in [1.82, 2.24) is 14.8 Å². The summed E-state index contributed by atoms with van der Waals surface area (Å²) in [7, 11) is 0. The Morgan fingerprint density at radius 3 is 2.89 bits per heavy atom. The van der Waals surface area contributed by atoms with Crippen molar-refractivity contribution in [3.8, 4) is 0 Å². The summed E-state index contributed by atoms with van der Waals surface area (Å²) in [5, 5.41) is 4.36. The Balaban J connectivity index is 2.32. The van der Waals surface area contributed by atoms with E-state index in [-0.39, 0.29) is 12.2 Å². The lowest BCUT2D eigenvalue weighted by molar-refractivity contribution is 0.0986. The number of carbonyl (C=O) groups is 1. The van der Waals surface area contributed by atoms with Crippen LogP contribution in [0.15, 0.2) is 22.8 Å². The lowest BCUT2D eigenvalue weighted by Gasteiger charge is -2.06. The summed E-state index contributed by atoms with van der Waals surface area (Å²) in [6, 6.07) is 3.39. The quantitative estimate of drug-likeness (QED) is 0.877. The molecule has 0 atom stereocenters. The Labute approximate surface area is 120 Å². The fraction of sp³-hybridized carbons (Fsp3) is 0.308. The fourth-order valence-electron chi connectivity index (χ4n) is 1.92. The monoisotopic (exact) mass is 322 g/mol. The molecule has 2 aromatic heterocycles. The molecule has 2 heterocycles. The van der Waals surface area contributed by atoms with E-state index in [9.17, 15) is 4.79 Å². The molecule has 100 valence electrons. The molecule has 5 nitrogen and oxygen atoms in total. The molecular weight excluding hydrogens is 308 g/mol. The molecule has 19 heavy (non-hydrogen) atoms. The van der Waals surface area contributed by atoms with E-state index in [0.717, 1.165) is 15.9 Å². The van der Waals surface area contributed by atoms with E-state index in [1.807, 2.05) is 18.5 Å². The highest BCUT2D eigenvalue weighted by molar-refractivity contribution is 9.10. The van der Waals surface area contributed by atoms with Crippen molar-refractivity contribution >= 4 is 27.4 Å². The van der Waals surface area contributed by atoms with Gasteiger partial charge in [-0.05, 0) is 41.9 Å². The molecule has 0 spiro atoms. The first-order valence-electron chi connectivity index (χ1n) is 6.00. The van der Waals surface area contributed by atoms with Crippen molar-refractivity contribution in [3.63, 3.8) is 0 Å². The van der Waals surface area contributed by atoms with Gasteiger partial charge in [0, 0.05) is 12.7 Å². The fourth-order valence-corrected chi connectivity index (χ4v) is 2.35. The lowest BCUT2D eigenvalue weighted by Crippen LogP contribution is -2.13. The summed E-state index contributed by atoms with van der Waals surface area (Å²) in [6.45, 7) is 4.61. The highest BCUT2D eigenvalue weighted by Gasteiger charge is 2.18. The average Bonchev–Trinajstić information content (AvgIpc) is 2.67. The van der Waals surface area contributed by atoms with Crippen LogP contribution in [0.3, 0.4) is 0 Å². The minimum Gasteiger partial charge on any atom is -0.397 e. The normalized spacial score (nSPS) is 10.7. The predicted molar refractivity (Wildman–Crippen MR) is 77.0 cm³/mol. The van der Waals surface area contributed by atoms with Crippen LogP contribution in [0, 0.1) is 6.92 Å². The van der Waals surface area contributed by atoms with Crippen LogP contribution in [-0.4, -0.2) is 20.5 Å². The van der Waals surface area contributed by atoms with Gasteiger partial charge in [0.2, 0.25) is 0 Å².